The summed E-state index contributed by atoms with van der Waals surface area (Å²) in [4.78, 5) is 17.7. The first kappa shape index (κ1) is 25.0. The van der Waals surface area contributed by atoms with Crippen molar-refractivity contribution in [2.24, 2.45) is 5.92 Å². The van der Waals surface area contributed by atoms with Gasteiger partial charge in [-0.2, -0.15) is 4.31 Å². The number of nitrogens with zero attached hydrogens (tertiary/aromatic N) is 3. The lowest BCUT2D eigenvalue weighted by Gasteiger charge is -2.43. The van der Waals surface area contributed by atoms with Crippen molar-refractivity contribution < 1.29 is 22.7 Å². The summed E-state index contributed by atoms with van der Waals surface area (Å²) in [5.41, 5.74) is 0. The standard InChI is InChI=1S/C23H37N3O5S/c1-6-30-20-7-9-21(10-8-20)32(28,29)26-13-11-24(12-14-26)23(27)22(17(2)3)25-15-18(4)31-19(5)16-25/h7-10,17-19,22H,6,11-16H2,1-5H3. The van der Waals surface area contributed by atoms with E-state index in [1.54, 1.807) is 24.3 Å². The second-order valence-corrected chi connectivity index (χ2v) is 11.0. The van der Waals surface area contributed by atoms with Crippen LogP contribution in [0.3, 0.4) is 0 Å². The molecule has 0 spiro atoms. The van der Waals surface area contributed by atoms with E-state index in [1.807, 2.05) is 25.7 Å². The molecule has 9 heteroatoms. The van der Waals surface area contributed by atoms with Crippen LogP contribution in [0.2, 0.25) is 0 Å². The predicted octanol–water partition coefficient (Wildman–Crippen LogP) is 2.05. The summed E-state index contributed by atoms with van der Waals surface area (Å²) in [6.07, 6.45) is 0.174. The summed E-state index contributed by atoms with van der Waals surface area (Å²) in [7, 11) is -3.60. The monoisotopic (exact) mass is 467 g/mol. The van der Waals surface area contributed by atoms with Gasteiger partial charge < -0.3 is 14.4 Å². The molecule has 1 aromatic carbocycles. The molecule has 0 saturated carbocycles. The largest absolute Gasteiger partial charge is 0.494 e. The zero-order valence-electron chi connectivity index (χ0n) is 19.9. The molecule has 0 aromatic heterocycles. The second kappa shape index (κ2) is 10.5. The molecule has 3 rings (SSSR count). The lowest BCUT2D eigenvalue weighted by atomic mass is 9.98. The van der Waals surface area contributed by atoms with E-state index in [2.05, 4.69) is 18.7 Å². The minimum Gasteiger partial charge on any atom is -0.494 e. The molecule has 2 heterocycles. The molecule has 180 valence electrons. The molecule has 2 saturated heterocycles. The molecule has 2 aliphatic rings. The molecule has 1 aromatic rings. The van der Waals surface area contributed by atoms with Crippen LogP contribution < -0.4 is 4.74 Å². The van der Waals surface area contributed by atoms with Crippen LogP contribution in [0.25, 0.3) is 0 Å². The summed E-state index contributed by atoms with van der Waals surface area (Å²) in [5, 5.41) is 0. The van der Waals surface area contributed by atoms with Crippen LogP contribution in [-0.2, 0) is 19.6 Å². The van der Waals surface area contributed by atoms with Gasteiger partial charge in [0.15, 0.2) is 0 Å². The number of hydrogen-bond donors (Lipinski definition) is 0. The van der Waals surface area contributed by atoms with Gasteiger partial charge in [-0.15, -0.1) is 0 Å². The van der Waals surface area contributed by atoms with Crippen LogP contribution in [0.1, 0.15) is 34.6 Å². The Bertz CT molecular complexity index is 856. The van der Waals surface area contributed by atoms with E-state index in [4.69, 9.17) is 9.47 Å². The molecule has 3 unspecified atom stereocenters. The van der Waals surface area contributed by atoms with E-state index < -0.39 is 10.0 Å². The number of benzene rings is 1. The molecule has 3 atom stereocenters. The molecule has 8 nitrogen and oxygen atoms in total. The topological polar surface area (TPSA) is 79.4 Å². The van der Waals surface area contributed by atoms with Crippen LogP contribution in [0.5, 0.6) is 5.75 Å². The van der Waals surface area contributed by atoms with E-state index in [0.29, 0.717) is 38.5 Å². The van der Waals surface area contributed by atoms with Gasteiger partial charge in [0.05, 0.1) is 29.8 Å². The maximum Gasteiger partial charge on any atom is 0.243 e. The second-order valence-electron chi connectivity index (χ2n) is 9.03. The van der Waals surface area contributed by atoms with Gasteiger partial charge in [0.25, 0.3) is 0 Å². The number of ether oxygens (including phenoxy) is 2. The Labute approximate surface area is 192 Å². The van der Waals surface area contributed by atoms with Gasteiger partial charge >= 0.3 is 0 Å². The molecular weight excluding hydrogens is 430 g/mol. The Morgan fingerprint density at radius 3 is 2.12 bits per heavy atom. The van der Waals surface area contributed by atoms with Gasteiger partial charge in [-0.3, -0.25) is 9.69 Å². The Morgan fingerprint density at radius 1 is 1.06 bits per heavy atom. The number of piperazine rings is 1. The Hall–Kier alpha value is -1.68. The number of hydrogen-bond acceptors (Lipinski definition) is 6. The van der Waals surface area contributed by atoms with E-state index in [9.17, 15) is 13.2 Å². The van der Waals surface area contributed by atoms with Crippen molar-refractivity contribution in [2.75, 3.05) is 45.9 Å². The van der Waals surface area contributed by atoms with Crippen molar-refractivity contribution in [3.8, 4) is 5.75 Å². The summed E-state index contributed by atoms with van der Waals surface area (Å²) in [6, 6.07) is 6.28. The molecule has 0 aliphatic carbocycles. The summed E-state index contributed by atoms with van der Waals surface area (Å²) in [5.74, 6) is 0.887. The Morgan fingerprint density at radius 2 is 1.62 bits per heavy atom. The SMILES string of the molecule is CCOc1ccc(S(=O)(=O)N2CCN(C(=O)C(C(C)C)N3CC(C)OC(C)C3)CC2)cc1. The Balaban J connectivity index is 1.65. The fraction of sp³-hybridized carbons (Fsp3) is 0.696. The number of morpholine rings is 1. The zero-order valence-corrected chi connectivity index (χ0v) is 20.7. The molecule has 1 amide bonds. The summed E-state index contributed by atoms with van der Waals surface area (Å²) < 4.78 is 38.8. The quantitative estimate of drug-likeness (QED) is 0.611. The molecule has 0 bridgehead atoms. The summed E-state index contributed by atoms with van der Waals surface area (Å²) in [6.45, 7) is 13.5. The van der Waals surface area contributed by atoms with Crippen LogP contribution in [0, 0.1) is 5.92 Å². The predicted molar refractivity (Wildman–Crippen MR) is 123 cm³/mol. The van der Waals surface area contributed by atoms with Gasteiger partial charge in [0, 0.05) is 39.3 Å². The van der Waals surface area contributed by atoms with Gasteiger partial charge in [-0.05, 0) is 51.0 Å². The highest BCUT2D eigenvalue weighted by molar-refractivity contribution is 7.89. The van der Waals surface area contributed by atoms with E-state index in [1.165, 1.54) is 4.31 Å². The van der Waals surface area contributed by atoms with E-state index in [0.717, 1.165) is 13.1 Å². The number of sulfonamides is 1. The molecule has 32 heavy (non-hydrogen) atoms. The normalized spacial score (nSPS) is 24.5. The van der Waals surface area contributed by atoms with Crippen LogP contribution in [-0.4, -0.2) is 92.6 Å². The molecule has 2 fully saturated rings. The highest BCUT2D eigenvalue weighted by Gasteiger charge is 2.38. The molecule has 0 radical (unpaired) electrons. The maximum absolute atomic E-state index is 13.4. The third-order valence-corrected chi connectivity index (χ3v) is 7.96. The highest BCUT2D eigenvalue weighted by Crippen LogP contribution is 2.24. The average molecular weight is 468 g/mol. The number of rotatable bonds is 7. The van der Waals surface area contributed by atoms with Crippen molar-refractivity contribution in [2.45, 2.75) is 57.8 Å². The molecular formula is C23H37N3O5S. The van der Waals surface area contributed by atoms with Crippen molar-refractivity contribution in [3.05, 3.63) is 24.3 Å². The lowest BCUT2D eigenvalue weighted by molar-refractivity contribution is -0.146. The van der Waals surface area contributed by atoms with Gasteiger partial charge in [-0.1, -0.05) is 13.8 Å². The first-order valence-corrected chi connectivity index (χ1v) is 13.0. The lowest BCUT2D eigenvalue weighted by Crippen LogP contribution is -2.60. The van der Waals surface area contributed by atoms with Crippen molar-refractivity contribution in [3.63, 3.8) is 0 Å². The maximum atomic E-state index is 13.4. The van der Waals surface area contributed by atoms with E-state index >= 15 is 0 Å². The van der Waals surface area contributed by atoms with Crippen LogP contribution in [0.15, 0.2) is 29.2 Å². The first-order valence-electron chi connectivity index (χ1n) is 11.5. The average Bonchev–Trinajstić information content (AvgIpc) is 2.73. The fourth-order valence-corrected chi connectivity index (χ4v) is 6.09. The highest BCUT2D eigenvalue weighted by atomic mass is 32.2. The van der Waals surface area contributed by atoms with E-state index in [-0.39, 0.29) is 35.0 Å². The fourth-order valence-electron chi connectivity index (χ4n) is 4.67. The molecule has 0 N–H and O–H groups in total. The van der Waals surface area contributed by atoms with Crippen molar-refractivity contribution in [1.29, 1.82) is 0 Å². The zero-order chi connectivity index (χ0) is 23.5. The third kappa shape index (κ3) is 5.62. The minimum atomic E-state index is -3.60. The minimum absolute atomic E-state index is 0.0828. The van der Waals surface area contributed by atoms with Gasteiger partial charge in [0.2, 0.25) is 15.9 Å². The van der Waals surface area contributed by atoms with Crippen molar-refractivity contribution >= 4 is 15.9 Å². The number of amides is 1. The van der Waals surface area contributed by atoms with Crippen LogP contribution >= 0.6 is 0 Å². The third-order valence-electron chi connectivity index (χ3n) is 6.05. The smallest absolute Gasteiger partial charge is 0.243 e. The van der Waals surface area contributed by atoms with Gasteiger partial charge in [0.1, 0.15) is 5.75 Å². The van der Waals surface area contributed by atoms with Crippen LogP contribution in [0.4, 0.5) is 0 Å². The van der Waals surface area contributed by atoms with Gasteiger partial charge in [-0.25, -0.2) is 8.42 Å². The Kier molecular flexibility index (Phi) is 8.19. The number of carbonyl (C=O) groups excluding carboxylic acids is 1. The van der Waals surface area contributed by atoms with Crippen molar-refractivity contribution in [1.82, 2.24) is 14.1 Å². The summed E-state index contributed by atoms with van der Waals surface area (Å²) >= 11 is 0. The number of carbonyl (C=O) groups is 1. The first-order chi connectivity index (χ1) is 15.1. The molecule has 2 aliphatic heterocycles.